The molecule has 0 spiro atoms. The molecule has 2 aromatic carbocycles. The Morgan fingerprint density at radius 3 is 2.16 bits per heavy atom. The number of hydrazine groups is 1. The molecule has 0 saturated carbocycles. The molecule has 2 atom stereocenters. The monoisotopic (exact) mass is 340 g/mol. The van der Waals surface area contributed by atoms with Gasteiger partial charge >= 0.3 is 0 Å². The molecule has 7 heteroatoms. The molecular formula is C18H16N2O5. The van der Waals surface area contributed by atoms with E-state index in [0.29, 0.717) is 23.7 Å². The summed E-state index contributed by atoms with van der Waals surface area (Å²) < 4.78 is 16.6. The van der Waals surface area contributed by atoms with Gasteiger partial charge in [0.05, 0.1) is 0 Å². The van der Waals surface area contributed by atoms with E-state index in [1.165, 1.54) is 0 Å². The smallest absolute Gasteiger partial charge is 0.283 e. The molecule has 2 aromatic rings. The fourth-order valence-electron chi connectivity index (χ4n) is 2.76. The SMILES string of the molecule is O=C(NNC(=O)[C@H]1Cc2ccccc2O1)[C@@H]1COc2ccccc2O1. The molecule has 4 rings (SSSR count). The van der Waals surface area contributed by atoms with Gasteiger partial charge in [-0.2, -0.15) is 0 Å². The Morgan fingerprint density at radius 2 is 1.40 bits per heavy atom. The summed E-state index contributed by atoms with van der Waals surface area (Å²) >= 11 is 0. The number of hydrogen-bond donors (Lipinski definition) is 2. The molecule has 0 saturated heterocycles. The Morgan fingerprint density at radius 1 is 0.800 bits per heavy atom. The van der Waals surface area contributed by atoms with Crippen LogP contribution in [-0.2, 0) is 16.0 Å². The zero-order chi connectivity index (χ0) is 17.2. The van der Waals surface area contributed by atoms with E-state index in [1.807, 2.05) is 30.3 Å². The average molecular weight is 340 g/mol. The quantitative estimate of drug-likeness (QED) is 0.796. The van der Waals surface area contributed by atoms with Gasteiger partial charge in [0, 0.05) is 6.42 Å². The lowest BCUT2D eigenvalue weighted by Crippen LogP contribution is -2.53. The molecule has 2 aliphatic rings. The molecule has 25 heavy (non-hydrogen) atoms. The first-order chi connectivity index (χ1) is 12.2. The van der Waals surface area contributed by atoms with Crippen LogP contribution in [0.2, 0.25) is 0 Å². The molecule has 2 aliphatic heterocycles. The van der Waals surface area contributed by atoms with Gasteiger partial charge in [0.1, 0.15) is 12.4 Å². The maximum Gasteiger partial charge on any atom is 0.283 e. The Kier molecular flexibility index (Phi) is 3.89. The minimum absolute atomic E-state index is 0.0735. The molecule has 2 heterocycles. The van der Waals surface area contributed by atoms with E-state index in [4.69, 9.17) is 14.2 Å². The van der Waals surface area contributed by atoms with Crippen molar-refractivity contribution in [1.29, 1.82) is 0 Å². The number of rotatable bonds is 2. The zero-order valence-electron chi connectivity index (χ0n) is 13.2. The summed E-state index contributed by atoms with van der Waals surface area (Å²) in [6, 6.07) is 14.6. The highest BCUT2D eigenvalue weighted by molar-refractivity contribution is 5.87. The number of fused-ring (bicyclic) bond motifs is 2. The Balaban J connectivity index is 1.30. The van der Waals surface area contributed by atoms with E-state index < -0.39 is 24.0 Å². The highest BCUT2D eigenvalue weighted by Crippen LogP contribution is 2.31. The van der Waals surface area contributed by atoms with Crippen molar-refractivity contribution in [3.63, 3.8) is 0 Å². The van der Waals surface area contributed by atoms with E-state index >= 15 is 0 Å². The van der Waals surface area contributed by atoms with Gasteiger partial charge in [-0.25, -0.2) is 0 Å². The number of carbonyl (C=O) groups excluding carboxylic acids is 2. The third kappa shape index (κ3) is 3.08. The van der Waals surface area contributed by atoms with Gasteiger partial charge in [0.15, 0.2) is 17.6 Å². The van der Waals surface area contributed by atoms with Crippen LogP contribution in [-0.4, -0.2) is 30.6 Å². The lowest BCUT2D eigenvalue weighted by Gasteiger charge is -2.25. The van der Waals surface area contributed by atoms with Gasteiger partial charge in [-0.15, -0.1) is 0 Å². The minimum Gasteiger partial charge on any atom is -0.485 e. The second kappa shape index (κ2) is 6.35. The Hall–Kier alpha value is -3.22. The van der Waals surface area contributed by atoms with Crippen LogP contribution in [0.15, 0.2) is 48.5 Å². The maximum absolute atomic E-state index is 12.2. The van der Waals surface area contributed by atoms with Gasteiger partial charge in [-0.05, 0) is 23.8 Å². The van der Waals surface area contributed by atoms with E-state index in [-0.39, 0.29) is 6.61 Å². The van der Waals surface area contributed by atoms with Crippen molar-refractivity contribution in [1.82, 2.24) is 10.9 Å². The zero-order valence-corrected chi connectivity index (χ0v) is 13.2. The van der Waals surface area contributed by atoms with E-state index in [2.05, 4.69) is 10.9 Å². The molecule has 0 bridgehead atoms. The highest BCUT2D eigenvalue weighted by Gasteiger charge is 2.31. The topological polar surface area (TPSA) is 85.9 Å². The van der Waals surface area contributed by atoms with Crippen molar-refractivity contribution in [3.8, 4) is 17.2 Å². The van der Waals surface area contributed by atoms with Crippen LogP contribution < -0.4 is 25.1 Å². The fraction of sp³-hybridized carbons (Fsp3) is 0.222. The number of nitrogens with one attached hydrogen (secondary N) is 2. The molecule has 0 aliphatic carbocycles. The van der Waals surface area contributed by atoms with Crippen LogP contribution in [0.3, 0.4) is 0 Å². The first kappa shape index (κ1) is 15.3. The van der Waals surface area contributed by atoms with Gasteiger partial charge in [0.25, 0.3) is 11.8 Å². The highest BCUT2D eigenvalue weighted by atomic mass is 16.6. The number of carbonyl (C=O) groups is 2. The van der Waals surface area contributed by atoms with Crippen LogP contribution in [0.25, 0.3) is 0 Å². The Bertz CT molecular complexity index is 798. The van der Waals surface area contributed by atoms with Crippen molar-refractivity contribution < 1.29 is 23.8 Å². The van der Waals surface area contributed by atoms with Crippen LogP contribution in [0, 0.1) is 0 Å². The van der Waals surface area contributed by atoms with Gasteiger partial charge in [0.2, 0.25) is 6.10 Å². The summed E-state index contributed by atoms with van der Waals surface area (Å²) in [7, 11) is 0. The predicted octanol–water partition coefficient (Wildman–Crippen LogP) is 0.977. The van der Waals surface area contributed by atoms with Crippen molar-refractivity contribution in [2.24, 2.45) is 0 Å². The molecule has 0 fully saturated rings. The van der Waals surface area contributed by atoms with Crippen molar-refractivity contribution in [2.45, 2.75) is 18.6 Å². The fourth-order valence-corrected chi connectivity index (χ4v) is 2.76. The first-order valence-corrected chi connectivity index (χ1v) is 7.93. The third-order valence-electron chi connectivity index (χ3n) is 4.05. The summed E-state index contributed by atoms with van der Waals surface area (Å²) in [6.07, 6.45) is -1.03. The normalized spacial score (nSPS) is 20.2. The number of ether oxygens (including phenoxy) is 3. The van der Waals surface area contributed by atoms with Gasteiger partial charge < -0.3 is 14.2 Å². The lowest BCUT2D eigenvalue weighted by molar-refractivity contribution is -0.137. The van der Waals surface area contributed by atoms with Crippen molar-refractivity contribution >= 4 is 11.8 Å². The molecule has 0 aromatic heterocycles. The van der Waals surface area contributed by atoms with Crippen molar-refractivity contribution in [2.75, 3.05) is 6.61 Å². The standard InChI is InChI=1S/C18H16N2O5/c21-17(15-9-11-5-1-2-6-12(11)24-15)19-20-18(22)16-10-23-13-7-3-4-8-14(13)25-16/h1-8,15-16H,9-10H2,(H,19,21)(H,20,22)/t15-,16+/m1/s1. The average Bonchev–Trinajstić information content (AvgIpc) is 3.09. The van der Waals surface area contributed by atoms with Gasteiger partial charge in [-0.1, -0.05) is 30.3 Å². The number of amides is 2. The van der Waals surface area contributed by atoms with E-state index in [0.717, 1.165) is 5.56 Å². The van der Waals surface area contributed by atoms with Gasteiger partial charge in [-0.3, -0.25) is 20.4 Å². The first-order valence-electron chi connectivity index (χ1n) is 7.93. The predicted molar refractivity (Wildman–Crippen MR) is 87.2 cm³/mol. The second-order valence-electron chi connectivity index (χ2n) is 5.76. The molecular weight excluding hydrogens is 324 g/mol. The summed E-state index contributed by atoms with van der Waals surface area (Å²) in [5, 5.41) is 0. The number of para-hydroxylation sites is 3. The summed E-state index contributed by atoms with van der Waals surface area (Å²) in [5.74, 6) is 0.872. The number of hydrogen-bond acceptors (Lipinski definition) is 5. The van der Waals surface area contributed by atoms with Crippen LogP contribution in [0.1, 0.15) is 5.56 Å². The van der Waals surface area contributed by atoms with Crippen molar-refractivity contribution in [3.05, 3.63) is 54.1 Å². The molecule has 7 nitrogen and oxygen atoms in total. The largest absolute Gasteiger partial charge is 0.485 e. The Labute approximate surface area is 143 Å². The molecule has 0 radical (unpaired) electrons. The summed E-state index contributed by atoms with van der Waals surface area (Å²) in [6.45, 7) is 0.0735. The number of benzene rings is 2. The van der Waals surface area contributed by atoms with E-state index in [9.17, 15) is 9.59 Å². The van der Waals surface area contributed by atoms with Crippen LogP contribution in [0.5, 0.6) is 17.2 Å². The van der Waals surface area contributed by atoms with Crippen LogP contribution in [0.4, 0.5) is 0 Å². The van der Waals surface area contributed by atoms with Crippen LogP contribution >= 0.6 is 0 Å². The molecule has 128 valence electrons. The minimum atomic E-state index is -0.836. The molecule has 2 amide bonds. The maximum atomic E-state index is 12.2. The summed E-state index contributed by atoms with van der Waals surface area (Å²) in [4.78, 5) is 24.4. The van der Waals surface area contributed by atoms with E-state index in [1.54, 1.807) is 18.2 Å². The second-order valence-corrected chi connectivity index (χ2v) is 5.76. The lowest BCUT2D eigenvalue weighted by atomic mass is 10.1. The summed E-state index contributed by atoms with van der Waals surface area (Å²) in [5.41, 5.74) is 5.71. The molecule has 0 unspecified atom stereocenters. The third-order valence-corrected chi connectivity index (χ3v) is 4.05. The molecule has 2 N–H and O–H groups in total.